The second-order valence-corrected chi connectivity index (χ2v) is 6.33. The van der Waals surface area contributed by atoms with E-state index < -0.39 is 0 Å². The van der Waals surface area contributed by atoms with E-state index in [1.165, 1.54) is 19.3 Å². The summed E-state index contributed by atoms with van der Waals surface area (Å²) < 4.78 is 5.31. The van der Waals surface area contributed by atoms with Crippen molar-refractivity contribution in [3.63, 3.8) is 0 Å². The van der Waals surface area contributed by atoms with Crippen molar-refractivity contribution in [2.75, 3.05) is 7.05 Å². The third kappa shape index (κ3) is 2.98. The topological polar surface area (TPSA) is 67.9 Å². The lowest BCUT2D eigenvalue weighted by Crippen LogP contribution is -2.18. The smallest absolute Gasteiger partial charge is 0.229 e. The van der Waals surface area contributed by atoms with Crippen molar-refractivity contribution < 1.29 is 4.52 Å². The van der Waals surface area contributed by atoms with Crippen molar-refractivity contribution in [1.29, 1.82) is 0 Å². The summed E-state index contributed by atoms with van der Waals surface area (Å²) in [5.41, 5.74) is 0. The van der Waals surface area contributed by atoms with Gasteiger partial charge in [0.15, 0.2) is 5.82 Å². The van der Waals surface area contributed by atoms with Gasteiger partial charge in [0, 0.05) is 5.92 Å². The molecule has 2 aromatic rings. The molecule has 1 saturated carbocycles. The van der Waals surface area contributed by atoms with E-state index in [0.717, 1.165) is 28.3 Å². The molecule has 0 aliphatic heterocycles. The molecule has 0 amide bonds. The Kier molecular flexibility index (Phi) is 3.56. The number of rotatable bonds is 5. The molecular formula is C12H17N5OS. The molecule has 2 heterocycles. The van der Waals surface area contributed by atoms with Crippen LogP contribution in [0.2, 0.25) is 0 Å². The summed E-state index contributed by atoms with van der Waals surface area (Å²) in [6.45, 7) is 3.40. The molecule has 2 aromatic heterocycles. The van der Waals surface area contributed by atoms with Gasteiger partial charge in [-0.15, -0.1) is 21.5 Å². The van der Waals surface area contributed by atoms with Crippen molar-refractivity contribution in [2.24, 2.45) is 0 Å². The highest BCUT2D eigenvalue weighted by Crippen LogP contribution is 2.35. The first kappa shape index (κ1) is 12.7. The van der Waals surface area contributed by atoms with Gasteiger partial charge in [-0.25, -0.2) is 0 Å². The lowest BCUT2D eigenvalue weighted by atomic mass is 9.85. The maximum atomic E-state index is 5.31. The van der Waals surface area contributed by atoms with Gasteiger partial charge in [0.2, 0.25) is 5.89 Å². The Balaban J connectivity index is 1.56. The third-order valence-corrected chi connectivity index (χ3v) is 4.15. The standard InChI is InChI=1S/C12H17N5OS/c1-8-14-15-11(19-8)7-17(2)6-10-13-12(18-16-10)9-4-3-5-9/h9H,3-7H2,1-2H3. The first-order valence-corrected chi connectivity index (χ1v) is 7.32. The van der Waals surface area contributed by atoms with Gasteiger partial charge in [-0.05, 0) is 26.8 Å². The van der Waals surface area contributed by atoms with E-state index in [4.69, 9.17) is 4.52 Å². The highest BCUT2D eigenvalue weighted by atomic mass is 32.1. The van der Waals surface area contributed by atoms with Crippen molar-refractivity contribution >= 4 is 11.3 Å². The molecule has 0 N–H and O–H groups in total. The Morgan fingerprint density at radius 3 is 2.79 bits per heavy atom. The van der Waals surface area contributed by atoms with E-state index in [9.17, 15) is 0 Å². The highest BCUT2D eigenvalue weighted by Gasteiger charge is 2.25. The second-order valence-electron chi connectivity index (χ2n) is 5.06. The SMILES string of the molecule is Cc1nnc(CN(C)Cc2noc(C3CCC3)n2)s1. The molecular weight excluding hydrogens is 262 g/mol. The first-order chi connectivity index (χ1) is 9.20. The van der Waals surface area contributed by atoms with Crippen LogP contribution in [0, 0.1) is 6.92 Å². The molecule has 102 valence electrons. The van der Waals surface area contributed by atoms with Crippen LogP contribution in [0.15, 0.2) is 4.52 Å². The summed E-state index contributed by atoms with van der Waals surface area (Å²) in [5.74, 6) is 2.06. The Morgan fingerprint density at radius 2 is 2.16 bits per heavy atom. The molecule has 0 atom stereocenters. The maximum absolute atomic E-state index is 5.31. The van der Waals surface area contributed by atoms with E-state index in [1.807, 2.05) is 14.0 Å². The van der Waals surface area contributed by atoms with Crippen molar-refractivity contribution in [3.8, 4) is 0 Å². The van der Waals surface area contributed by atoms with Gasteiger partial charge in [-0.3, -0.25) is 4.90 Å². The molecule has 0 spiro atoms. The molecule has 0 unspecified atom stereocenters. The molecule has 0 aromatic carbocycles. The van der Waals surface area contributed by atoms with E-state index in [-0.39, 0.29) is 0 Å². The van der Waals surface area contributed by atoms with Gasteiger partial charge in [-0.1, -0.05) is 11.6 Å². The normalized spacial score (nSPS) is 15.9. The minimum atomic E-state index is 0.498. The Labute approximate surface area is 115 Å². The van der Waals surface area contributed by atoms with Crippen LogP contribution >= 0.6 is 11.3 Å². The van der Waals surface area contributed by atoms with Crippen molar-refractivity contribution in [3.05, 3.63) is 21.7 Å². The van der Waals surface area contributed by atoms with Gasteiger partial charge >= 0.3 is 0 Å². The third-order valence-electron chi connectivity index (χ3n) is 3.32. The maximum Gasteiger partial charge on any atom is 0.229 e. The molecule has 1 aliphatic rings. The average molecular weight is 279 g/mol. The van der Waals surface area contributed by atoms with E-state index in [1.54, 1.807) is 11.3 Å². The van der Waals surface area contributed by atoms with Crippen LogP contribution in [-0.4, -0.2) is 32.3 Å². The minimum absolute atomic E-state index is 0.498. The Morgan fingerprint density at radius 1 is 1.32 bits per heavy atom. The van der Waals surface area contributed by atoms with E-state index >= 15 is 0 Å². The first-order valence-electron chi connectivity index (χ1n) is 6.50. The number of hydrogen-bond acceptors (Lipinski definition) is 7. The quantitative estimate of drug-likeness (QED) is 0.835. The lowest BCUT2D eigenvalue weighted by molar-refractivity contribution is 0.281. The molecule has 6 nitrogen and oxygen atoms in total. The molecule has 19 heavy (non-hydrogen) atoms. The zero-order valence-corrected chi connectivity index (χ0v) is 12.0. The van der Waals surface area contributed by atoms with Gasteiger partial charge < -0.3 is 4.52 Å². The average Bonchev–Trinajstić information content (AvgIpc) is 2.86. The fourth-order valence-corrected chi connectivity index (χ4v) is 2.87. The van der Waals surface area contributed by atoms with Crippen LogP contribution in [0.25, 0.3) is 0 Å². The van der Waals surface area contributed by atoms with Crippen LogP contribution in [0.1, 0.15) is 46.9 Å². The highest BCUT2D eigenvalue weighted by molar-refractivity contribution is 7.11. The van der Waals surface area contributed by atoms with Gasteiger partial charge in [0.1, 0.15) is 10.0 Å². The summed E-state index contributed by atoms with van der Waals surface area (Å²) in [4.78, 5) is 6.59. The number of aromatic nitrogens is 4. The summed E-state index contributed by atoms with van der Waals surface area (Å²) >= 11 is 1.62. The fraction of sp³-hybridized carbons (Fsp3) is 0.667. The number of hydrogen-bond donors (Lipinski definition) is 0. The zero-order chi connectivity index (χ0) is 13.2. The van der Waals surface area contributed by atoms with Crippen molar-refractivity contribution in [2.45, 2.75) is 45.2 Å². The van der Waals surface area contributed by atoms with Gasteiger partial charge in [-0.2, -0.15) is 4.98 Å². The molecule has 0 saturated heterocycles. The van der Waals surface area contributed by atoms with Crippen molar-refractivity contribution in [1.82, 2.24) is 25.2 Å². The Bertz CT molecular complexity index is 548. The second kappa shape index (κ2) is 5.34. The molecule has 3 rings (SSSR count). The fourth-order valence-electron chi connectivity index (χ4n) is 2.08. The largest absolute Gasteiger partial charge is 0.339 e. The number of aryl methyl sites for hydroxylation is 1. The van der Waals surface area contributed by atoms with Crippen LogP contribution in [-0.2, 0) is 13.1 Å². The van der Waals surface area contributed by atoms with Crippen LogP contribution < -0.4 is 0 Å². The zero-order valence-electron chi connectivity index (χ0n) is 11.2. The molecule has 0 radical (unpaired) electrons. The van der Waals surface area contributed by atoms with E-state index in [2.05, 4.69) is 25.2 Å². The number of nitrogens with zero attached hydrogens (tertiary/aromatic N) is 5. The summed E-state index contributed by atoms with van der Waals surface area (Å²) in [6, 6.07) is 0. The van der Waals surface area contributed by atoms with Gasteiger partial charge in [0.25, 0.3) is 0 Å². The van der Waals surface area contributed by atoms with Crippen LogP contribution in [0.3, 0.4) is 0 Å². The van der Waals surface area contributed by atoms with Crippen LogP contribution in [0.4, 0.5) is 0 Å². The molecule has 1 aliphatic carbocycles. The predicted octanol–water partition coefficient (Wildman–Crippen LogP) is 2.13. The summed E-state index contributed by atoms with van der Waals surface area (Å²) in [5, 5.41) is 14.2. The predicted molar refractivity (Wildman–Crippen MR) is 70.7 cm³/mol. The molecule has 0 bridgehead atoms. The molecule has 1 fully saturated rings. The minimum Gasteiger partial charge on any atom is -0.339 e. The van der Waals surface area contributed by atoms with Gasteiger partial charge in [0.05, 0.1) is 13.1 Å². The monoisotopic (exact) mass is 279 g/mol. The van der Waals surface area contributed by atoms with Crippen LogP contribution in [0.5, 0.6) is 0 Å². The van der Waals surface area contributed by atoms with E-state index in [0.29, 0.717) is 12.5 Å². The molecule has 7 heteroatoms. The summed E-state index contributed by atoms with van der Waals surface area (Å²) in [6.07, 6.45) is 3.64. The lowest BCUT2D eigenvalue weighted by Gasteiger charge is -2.20. The Hall–Kier alpha value is -1.34. The summed E-state index contributed by atoms with van der Waals surface area (Å²) in [7, 11) is 2.02.